The molecule has 0 aromatic heterocycles. The van der Waals surface area contributed by atoms with Gasteiger partial charge in [0, 0.05) is 51.4 Å². The van der Waals surface area contributed by atoms with Gasteiger partial charge in [0.15, 0.2) is 5.96 Å². The van der Waals surface area contributed by atoms with Crippen LogP contribution in [0, 0.1) is 5.92 Å². The van der Waals surface area contributed by atoms with Crippen LogP contribution < -0.4 is 16.0 Å². The van der Waals surface area contributed by atoms with Crippen LogP contribution >= 0.6 is 0 Å². The van der Waals surface area contributed by atoms with E-state index in [4.69, 9.17) is 5.73 Å². The van der Waals surface area contributed by atoms with Gasteiger partial charge in [-0.25, -0.2) is 0 Å². The second kappa shape index (κ2) is 9.91. The standard InChI is InChI=1S/C19H31N5O/c1-16(2)8-10-21-19(20)22-11-9-18(25)24-14-12-23(13-15-24)17-6-4-3-5-7-17/h3-7,16H,8-15H2,1-2H3,(H3,20,21,22). The number of nitrogens with zero attached hydrogens (tertiary/aromatic N) is 3. The van der Waals surface area contributed by atoms with Crippen LogP contribution in [-0.2, 0) is 4.79 Å². The summed E-state index contributed by atoms with van der Waals surface area (Å²) in [6.07, 6.45) is 1.47. The van der Waals surface area contributed by atoms with Gasteiger partial charge in [-0.2, -0.15) is 0 Å². The van der Waals surface area contributed by atoms with Gasteiger partial charge in [0.1, 0.15) is 0 Å². The lowest BCUT2D eigenvalue weighted by molar-refractivity contribution is -0.131. The van der Waals surface area contributed by atoms with Crippen molar-refractivity contribution in [3.05, 3.63) is 30.3 Å². The Hall–Kier alpha value is -2.24. The second-order valence-electron chi connectivity index (χ2n) is 6.83. The van der Waals surface area contributed by atoms with Crippen LogP contribution in [-0.4, -0.2) is 56.0 Å². The van der Waals surface area contributed by atoms with Crippen LogP contribution in [0.25, 0.3) is 0 Å². The van der Waals surface area contributed by atoms with Crippen molar-refractivity contribution >= 4 is 17.6 Å². The molecule has 0 saturated carbocycles. The predicted molar refractivity (Wildman–Crippen MR) is 104 cm³/mol. The third-order valence-corrected chi connectivity index (χ3v) is 4.39. The monoisotopic (exact) mass is 345 g/mol. The van der Waals surface area contributed by atoms with Crippen molar-refractivity contribution in [2.75, 3.05) is 44.2 Å². The number of guanidine groups is 1. The molecule has 0 atom stereocenters. The third-order valence-electron chi connectivity index (χ3n) is 4.39. The number of hydrogen-bond acceptors (Lipinski definition) is 3. The van der Waals surface area contributed by atoms with E-state index in [1.54, 1.807) is 0 Å². The molecule has 1 aliphatic heterocycles. The fourth-order valence-electron chi connectivity index (χ4n) is 2.81. The second-order valence-corrected chi connectivity index (χ2v) is 6.83. The molecule has 6 heteroatoms. The molecule has 0 radical (unpaired) electrons. The molecule has 6 nitrogen and oxygen atoms in total. The van der Waals surface area contributed by atoms with Gasteiger partial charge in [-0.15, -0.1) is 0 Å². The van der Waals surface area contributed by atoms with Crippen LogP contribution in [0.4, 0.5) is 5.69 Å². The van der Waals surface area contributed by atoms with E-state index in [0.29, 0.717) is 24.8 Å². The van der Waals surface area contributed by atoms with E-state index in [1.165, 1.54) is 5.69 Å². The van der Waals surface area contributed by atoms with Crippen LogP contribution in [0.3, 0.4) is 0 Å². The molecule has 0 unspecified atom stereocenters. The average molecular weight is 345 g/mol. The molecule has 1 fully saturated rings. The first-order valence-corrected chi connectivity index (χ1v) is 9.18. The van der Waals surface area contributed by atoms with Crippen molar-refractivity contribution in [1.29, 1.82) is 0 Å². The van der Waals surface area contributed by atoms with E-state index in [0.717, 1.165) is 39.1 Å². The number of piperazine rings is 1. The fraction of sp³-hybridized carbons (Fsp3) is 0.579. The average Bonchev–Trinajstić information content (AvgIpc) is 2.62. The van der Waals surface area contributed by atoms with Crippen molar-refractivity contribution in [2.45, 2.75) is 26.7 Å². The fourth-order valence-corrected chi connectivity index (χ4v) is 2.81. The third kappa shape index (κ3) is 6.64. The summed E-state index contributed by atoms with van der Waals surface area (Å²) in [7, 11) is 0. The minimum atomic E-state index is 0.176. The summed E-state index contributed by atoms with van der Waals surface area (Å²) in [5.74, 6) is 1.23. The molecular weight excluding hydrogens is 314 g/mol. The number of aliphatic imine (C=N–C) groups is 1. The highest BCUT2D eigenvalue weighted by molar-refractivity contribution is 5.80. The molecule has 1 aromatic carbocycles. The molecule has 1 amide bonds. The summed E-state index contributed by atoms with van der Waals surface area (Å²) >= 11 is 0. The number of benzene rings is 1. The lowest BCUT2D eigenvalue weighted by Crippen LogP contribution is -2.49. The first-order valence-electron chi connectivity index (χ1n) is 9.18. The topological polar surface area (TPSA) is 74.0 Å². The molecule has 1 aromatic rings. The van der Waals surface area contributed by atoms with E-state index in [-0.39, 0.29) is 5.91 Å². The van der Waals surface area contributed by atoms with Crippen LogP contribution in [0.1, 0.15) is 26.7 Å². The zero-order valence-corrected chi connectivity index (χ0v) is 15.4. The molecular formula is C19H31N5O. The smallest absolute Gasteiger partial charge is 0.224 e. The van der Waals surface area contributed by atoms with Crippen molar-refractivity contribution in [2.24, 2.45) is 16.6 Å². The summed E-state index contributed by atoms with van der Waals surface area (Å²) in [5, 5.41) is 3.03. The van der Waals surface area contributed by atoms with Gasteiger partial charge in [-0.3, -0.25) is 9.79 Å². The number of carbonyl (C=O) groups excluding carboxylic acids is 1. The van der Waals surface area contributed by atoms with Gasteiger partial charge in [0.05, 0.1) is 0 Å². The van der Waals surface area contributed by atoms with Gasteiger partial charge >= 0.3 is 0 Å². The number of para-hydroxylation sites is 1. The quantitative estimate of drug-likeness (QED) is 0.582. The van der Waals surface area contributed by atoms with Crippen LogP contribution in [0.15, 0.2) is 35.3 Å². The molecule has 138 valence electrons. The number of nitrogens with two attached hydrogens (primary N) is 1. The number of hydrogen-bond donors (Lipinski definition) is 2. The van der Waals surface area contributed by atoms with Gasteiger partial charge in [0.25, 0.3) is 0 Å². The maximum atomic E-state index is 12.3. The van der Waals surface area contributed by atoms with E-state index in [1.807, 2.05) is 23.1 Å². The summed E-state index contributed by atoms with van der Waals surface area (Å²) in [6, 6.07) is 10.3. The van der Waals surface area contributed by atoms with E-state index >= 15 is 0 Å². The molecule has 1 heterocycles. The first kappa shape index (κ1) is 19.1. The Morgan fingerprint density at radius 3 is 2.52 bits per heavy atom. The summed E-state index contributed by atoms with van der Waals surface area (Å²) in [5.41, 5.74) is 7.04. The highest BCUT2D eigenvalue weighted by atomic mass is 16.2. The number of carbonyl (C=O) groups is 1. The lowest BCUT2D eigenvalue weighted by Gasteiger charge is -2.36. The molecule has 1 aliphatic rings. The molecule has 1 saturated heterocycles. The Morgan fingerprint density at radius 2 is 1.88 bits per heavy atom. The summed E-state index contributed by atoms with van der Waals surface area (Å²) in [4.78, 5) is 20.8. The Labute approximate surface area is 151 Å². The van der Waals surface area contributed by atoms with Gasteiger partial charge < -0.3 is 20.9 Å². The maximum Gasteiger partial charge on any atom is 0.224 e. The SMILES string of the molecule is CC(C)CCN=C(N)NCCC(=O)N1CCN(c2ccccc2)CC1. The lowest BCUT2D eigenvalue weighted by atomic mass is 10.1. The highest BCUT2D eigenvalue weighted by Crippen LogP contribution is 2.15. The van der Waals surface area contributed by atoms with E-state index < -0.39 is 0 Å². The van der Waals surface area contributed by atoms with Crippen molar-refractivity contribution in [3.8, 4) is 0 Å². The molecule has 0 bridgehead atoms. The van der Waals surface area contributed by atoms with Crippen molar-refractivity contribution < 1.29 is 4.79 Å². The summed E-state index contributed by atoms with van der Waals surface area (Å²) < 4.78 is 0. The Morgan fingerprint density at radius 1 is 1.20 bits per heavy atom. The normalized spacial score (nSPS) is 15.6. The van der Waals surface area contributed by atoms with Crippen LogP contribution in [0.5, 0.6) is 0 Å². The number of nitrogens with one attached hydrogen (secondary N) is 1. The van der Waals surface area contributed by atoms with Crippen molar-refractivity contribution in [1.82, 2.24) is 10.2 Å². The van der Waals surface area contributed by atoms with Crippen LogP contribution in [0.2, 0.25) is 0 Å². The van der Waals surface area contributed by atoms with E-state index in [9.17, 15) is 4.79 Å². The van der Waals surface area contributed by atoms with Gasteiger partial charge in [-0.1, -0.05) is 32.0 Å². The first-order chi connectivity index (χ1) is 12.1. The number of anilines is 1. The van der Waals surface area contributed by atoms with E-state index in [2.05, 4.69) is 41.2 Å². The summed E-state index contributed by atoms with van der Waals surface area (Å²) in [6.45, 7) is 8.88. The molecule has 2 rings (SSSR count). The zero-order valence-electron chi connectivity index (χ0n) is 15.4. The molecule has 25 heavy (non-hydrogen) atoms. The van der Waals surface area contributed by atoms with Crippen molar-refractivity contribution in [3.63, 3.8) is 0 Å². The Bertz CT molecular complexity index is 550. The minimum absolute atomic E-state index is 0.176. The minimum Gasteiger partial charge on any atom is -0.370 e. The molecule has 0 aliphatic carbocycles. The highest BCUT2D eigenvalue weighted by Gasteiger charge is 2.20. The predicted octanol–water partition coefficient (Wildman–Crippen LogP) is 1.68. The van der Waals surface area contributed by atoms with Gasteiger partial charge in [-0.05, 0) is 24.5 Å². The Balaban J connectivity index is 1.65. The number of amides is 1. The molecule has 0 spiro atoms. The molecule has 3 N–H and O–H groups in total. The number of rotatable bonds is 7. The van der Waals surface area contributed by atoms with Gasteiger partial charge in [0.2, 0.25) is 5.91 Å². The largest absolute Gasteiger partial charge is 0.370 e. The zero-order chi connectivity index (χ0) is 18.1. The maximum absolute atomic E-state index is 12.3. The Kier molecular flexibility index (Phi) is 7.57.